The van der Waals surface area contributed by atoms with E-state index in [2.05, 4.69) is 53.4 Å². The Morgan fingerprint density at radius 2 is 1.86 bits per heavy atom. The lowest BCUT2D eigenvalue weighted by atomic mass is 9.92. The van der Waals surface area contributed by atoms with Gasteiger partial charge in [-0.05, 0) is 57.4 Å². The van der Waals surface area contributed by atoms with Gasteiger partial charge in [-0.15, -0.1) is 0 Å². The van der Waals surface area contributed by atoms with Gasteiger partial charge in [0.15, 0.2) is 0 Å². The lowest BCUT2D eigenvalue weighted by molar-refractivity contribution is -0.0706. The summed E-state index contributed by atoms with van der Waals surface area (Å²) in [5.41, 5.74) is -0.139. The molecule has 1 N–H and O–H groups in total. The molecule has 1 aromatic heterocycles. The van der Waals surface area contributed by atoms with Crippen LogP contribution in [0.1, 0.15) is 47.0 Å². The Morgan fingerprint density at radius 3 is 2.36 bits per heavy atom. The Hall–Kier alpha value is -1.21. The minimum atomic E-state index is -0.103. The second kappa shape index (κ2) is 5.45. The molecule has 124 valence electrons. The van der Waals surface area contributed by atoms with Gasteiger partial charge in [-0.2, -0.15) is 0 Å². The minimum Gasteiger partial charge on any atom is -0.368 e. The van der Waals surface area contributed by atoms with E-state index in [4.69, 9.17) is 4.74 Å². The van der Waals surface area contributed by atoms with Crippen LogP contribution in [0.3, 0.4) is 0 Å². The molecule has 0 amide bonds. The van der Waals surface area contributed by atoms with E-state index in [9.17, 15) is 0 Å². The molecule has 0 spiro atoms. The predicted molar refractivity (Wildman–Crippen MR) is 84.8 cm³/mol. The summed E-state index contributed by atoms with van der Waals surface area (Å²) in [6, 6.07) is 0.953. The van der Waals surface area contributed by atoms with Gasteiger partial charge in [0.05, 0.1) is 11.2 Å². The summed E-state index contributed by atoms with van der Waals surface area (Å²) < 4.78 is 7.92. The van der Waals surface area contributed by atoms with E-state index in [0.29, 0.717) is 12.1 Å². The van der Waals surface area contributed by atoms with E-state index in [0.717, 1.165) is 38.3 Å². The molecule has 2 saturated heterocycles. The van der Waals surface area contributed by atoms with E-state index < -0.39 is 0 Å². The monoisotopic (exact) mass is 308 g/mol. The van der Waals surface area contributed by atoms with Crippen LogP contribution in [0.25, 0.3) is 0 Å². The third-order valence-electron chi connectivity index (χ3n) is 4.89. The highest BCUT2D eigenvalue weighted by Gasteiger charge is 2.46. The molecular formula is C15H28N6O. The van der Waals surface area contributed by atoms with E-state index >= 15 is 0 Å². The van der Waals surface area contributed by atoms with Crippen molar-refractivity contribution in [2.75, 3.05) is 18.0 Å². The third-order valence-corrected chi connectivity index (χ3v) is 4.89. The normalized spacial score (nSPS) is 28.2. The first kappa shape index (κ1) is 15.7. The molecule has 7 heteroatoms. The summed E-state index contributed by atoms with van der Waals surface area (Å²) in [5.74, 6) is 0.865. The summed E-state index contributed by atoms with van der Waals surface area (Å²) in [4.78, 5) is 2.26. The van der Waals surface area contributed by atoms with Crippen molar-refractivity contribution in [3.63, 3.8) is 0 Å². The second-order valence-electron chi connectivity index (χ2n) is 7.75. The lowest BCUT2D eigenvalue weighted by Crippen LogP contribution is -2.51. The maximum Gasteiger partial charge on any atom is 0.245 e. The van der Waals surface area contributed by atoms with Crippen molar-refractivity contribution in [1.29, 1.82) is 0 Å². The van der Waals surface area contributed by atoms with Crippen LogP contribution in [0.15, 0.2) is 0 Å². The largest absolute Gasteiger partial charge is 0.368 e. The van der Waals surface area contributed by atoms with Gasteiger partial charge < -0.3 is 15.0 Å². The Balaban J connectivity index is 1.55. The molecule has 1 aromatic rings. The molecule has 0 bridgehead atoms. The second-order valence-corrected chi connectivity index (χ2v) is 7.75. The topological polar surface area (TPSA) is 68.1 Å². The van der Waals surface area contributed by atoms with Gasteiger partial charge in [-0.3, -0.25) is 0 Å². The molecule has 0 aromatic carbocycles. The van der Waals surface area contributed by atoms with Crippen LogP contribution in [0, 0.1) is 0 Å². The van der Waals surface area contributed by atoms with E-state index in [1.54, 1.807) is 4.68 Å². The molecule has 0 saturated carbocycles. The van der Waals surface area contributed by atoms with E-state index in [1.807, 2.05) is 7.05 Å². The van der Waals surface area contributed by atoms with Crippen LogP contribution in [-0.2, 0) is 11.8 Å². The molecule has 1 unspecified atom stereocenters. The summed E-state index contributed by atoms with van der Waals surface area (Å²) in [5, 5.41) is 15.6. The molecule has 1 atom stereocenters. The quantitative estimate of drug-likeness (QED) is 0.902. The average molecular weight is 308 g/mol. The fourth-order valence-electron chi connectivity index (χ4n) is 3.85. The number of ether oxygens (including phenoxy) is 1. The van der Waals surface area contributed by atoms with Gasteiger partial charge in [-0.1, -0.05) is 5.10 Å². The maximum atomic E-state index is 6.18. The molecule has 3 rings (SSSR count). The summed E-state index contributed by atoms with van der Waals surface area (Å²) in [6.07, 6.45) is 3.28. The smallest absolute Gasteiger partial charge is 0.245 e. The molecule has 0 radical (unpaired) electrons. The van der Waals surface area contributed by atoms with Crippen LogP contribution in [0.4, 0.5) is 5.95 Å². The molecule has 7 nitrogen and oxygen atoms in total. The number of nitrogens with one attached hydrogen (secondary N) is 1. The zero-order chi connectivity index (χ0) is 16.0. The Bertz CT molecular complexity index is 518. The average Bonchev–Trinajstić information content (AvgIpc) is 2.91. The fourth-order valence-corrected chi connectivity index (χ4v) is 3.85. The third kappa shape index (κ3) is 3.10. The number of aromatic nitrogens is 4. The molecule has 3 heterocycles. The molecule has 22 heavy (non-hydrogen) atoms. The van der Waals surface area contributed by atoms with Crippen molar-refractivity contribution >= 4 is 5.95 Å². The lowest BCUT2D eigenvalue weighted by Gasteiger charge is -2.36. The number of rotatable bonds is 3. The van der Waals surface area contributed by atoms with Gasteiger partial charge in [0.2, 0.25) is 5.95 Å². The number of aryl methyl sites for hydroxylation is 1. The SMILES string of the molecule is Cn1nnnc1N1CCC(NC2CC(C)(C)OC2(C)C)CC1. The number of hydrogen-bond acceptors (Lipinski definition) is 6. The summed E-state index contributed by atoms with van der Waals surface area (Å²) in [7, 11) is 1.89. The van der Waals surface area contributed by atoms with Crippen molar-refractivity contribution in [1.82, 2.24) is 25.5 Å². The van der Waals surface area contributed by atoms with Gasteiger partial charge in [0.25, 0.3) is 0 Å². The van der Waals surface area contributed by atoms with Gasteiger partial charge in [0, 0.05) is 32.2 Å². The maximum absolute atomic E-state index is 6.18. The summed E-state index contributed by atoms with van der Waals surface area (Å²) in [6.45, 7) is 10.7. The Morgan fingerprint density at radius 1 is 1.18 bits per heavy atom. The van der Waals surface area contributed by atoms with Crippen molar-refractivity contribution in [3.05, 3.63) is 0 Å². The highest BCUT2D eigenvalue weighted by atomic mass is 16.5. The number of hydrogen-bond donors (Lipinski definition) is 1. The van der Waals surface area contributed by atoms with Crippen LogP contribution < -0.4 is 10.2 Å². The van der Waals surface area contributed by atoms with Gasteiger partial charge >= 0.3 is 0 Å². The van der Waals surface area contributed by atoms with E-state index in [1.165, 1.54) is 0 Å². The molecule has 2 aliphatic rings. The van der Waals surface area contributed by atoms with Crippen LogP contribution >= 0.6 is 0 Å². The highest BCUT2D eigenvalue weighted by Crippen LogP contribution is 2.37. The molecular weight excluding hydrogens is 280 g/mol. The standard InChI is InChI=1S/C15H28N6O/c1-14(2)10-12(15(3,4)22-14)16-11-6-8-21(9-7-11)13-17-18-19-20(13)5/h11-12,16H,6-10H2,1-5H3. The fraction of sp³-hybridized carbons (Fsp3) is 0.933. The zero-order valence-corrected chi connectivity index (χ0v) is 14.3. The first-order valence-corrected chi connectivity index (χ1v) is 8.20. The molecule has 2 aliphatic heterocycles. The number of tetrazole rings is 1. The number of nitrogens with zero attached hydrogens (tertiary/aromatic N) is 5. The van der Waals surface area contributed by atoms with Gasteiger partial charge in [-0.25, -0.2) is 4.68 Å². The van der Waals surface area contributed by atoms with Crippen molar-refractivity contribution in [3.8, 4) is 0 Å². The summed E-state index contributed by atoms with van der Waals surface area (Å²) >= 11 is 0. The Labute approximate surface area is 132 Å². The van der Waals surface area contributed by atoms with Crippen LogP contribution in [0.2, 0.25) is 0 Å². The Kier molecular flexibility index (Phi) is 3.89. The first-order chi connectivity index (χ1) is 10.3. The first-order valence-electron chi connectivity index (χ1n) is 8.20. The van der Waals surface area contributed by atoms with Crippen LogP contribution in [0.5, 0.6) is 0 Å². The molecule has 0 aliphatic carbocycles. The van der Waals surface area contributed by atoms with Crippen molar-refractivity contribution in [2.45, 2.75) is 70.2 Å². The van der Waals surface area contributed by atoms with Crippen molar-refractivity contribution < 1.29 is 4.74 Å². The number of anilines is 1. The van der Waals surface area contributed by atoms with Gasteiger partial charge in [0.1, 0.15) is 0 Å². The highest BCUT2D eigenvalue weighted by molar-refractivity contribution is 5.28. The van der Waals surface area contributed by atoms with E-state index in [-0.39, 0.29) is 11.2 Å². The zero-order valence-electron chi connectivity index (χ0n) is 14.3. The molecule has 2 fully saturated rings. The predicted octanol–water partition coefficient (Wildman–Crippen LogP) is 1.11. The minimum absolute atomic E-state index is 0.0355. The number of piperidine rings is 1. The van der Waals surface area contributed by atoms with Crippen molar-refractivity contribution in [2.24, 2.45) is 7.05 Å². The van der Waals surface area contributed by atoms with Crippen LogP contribution in [-0.4, -0.2) is 56.6 Å².